The molecule has 0 saturated carbocycles. The minimum absolute atomic E-state index is 0.00376. The lowest BCUT2D eigenvalue weighted by Crippen LogP contribution is -2.25. The summed E-state index contributed by atoms with van der Waals surface area (Å²) in [6.45, 7) is 5.12. The summed E-state index contributed by atoms with van der Waals surface area (Å²) in [7, 11) is 0. The van der Waals surface area contributed by atoms with E-state index in [1.54, 1.807) is 13.8 Å². The van der Waals surface area contributed by atoms with Crippen LogP contribution in [-0.2, 0) is 23.9 Å². The molecule has 17 heavy (non-hydrogen) atoms. The third-order valence-corrected chi connectivity index (χ3v) is 1.53. The highest BCUT2D eigenvalue weighted by atomic mass is 16.5. The van der Waals surface area contributed by atoms with Crippen LogP contribution in [0.5, 0.6) is 0 Å². The van der Waals surface area contributed by atoms with Gasteiger partial charge >= 0.3 is 11.9 Å². The standard InChI is InChI=1S/C10H16N2O5/c1-4-16-9(14)6-8(13)12-11-7(3)10(15)17-5-2/h4-6H2,1-3H3,(H,12,13). The first-order valence-corrected chi connectivity index (χ1v) is 5.17. The number of carbonyl (C=O) groups is 3. The number of rotatable bonds is 6. The van der Waals surface area contributed by atoms with Gasteiger partial charge in [0.25, 0.3) is 5.91 Å². The van der Waals surface area contributed by atoms with Gasteiger partial charge in [-0.25, -0.2) is 10.2 Å². The van der Waals surface area contributed by atoms with Crippen molar-refractivity contribution in [2.24, 2.45) is 5.10 Å². The molecule has 0 aromatic rings. The molecule has 0 aliphatic heterocycles. The van der Waals surface area contributed by atoms with E-state index in [1.165, 1.54) is 6.92 Å². The molecule has 0 aliphatic carbocycles. The number of esters is 2. The van der Waals surface area contributed by atoms with Gasteiger partial charge in [0, 0.05) is 0 Å². The molecule has 0 aliphatic rings. The highest BCUT2D eigenvalue weighted by Gasteiger charge is 2.11. The Balaban J connectivity index is 4.09. The lowest BCUT2D eigenvalue weighted by molar-refractivity contribution is -0.146. The molecule has 1 amide bonds. The first kappa shape index (κ1) is 15.1. The quantitative estimate of drug-likeness (QED) is 0.307. The van der Waals surface area contributed by atoms with E-state index in [4.69, 9.17) is 0 Å². The predicted octanol–water partition coefficient (Wildman–Crippen LogP) is -0.00520. The topological polar surface area (TPSA) is 94.1 Å². The third-order valence-electron chi connectivity index (χ3n) is 1.53. The molecular weight excluding hydrogens is 228 g/mol. The van der Waals surface area contributed by atoms with Crippen LogP contribution in [0.2, 0.25) is 0 Å². The summed E-state index contributed by atoms with van der Waals surface area (Å²) in [4.78, 5) is 33.1. The average Bonchev–Trinajstić information content (AvgIpc) is 2.26. The Bertz CT molecular complexity index is 325. The number of ether oxygens (including phenoxy) is 2. The van der Waals surface area contributed by atoms with Crippen LogP contribution in [0.15, 0.2) is 5.10 Å². The number of nitrogens with zero attached hydrogens (tertiary/aromatic N) is 1. The van der Waals surface area contributed by atoms with Crippen LogP contribution in [0, 0.1) is 0 Å². The van der Waals surface area contributed by atoms with Crippen LogP contribution in [0.3, 0.4) is 0 Å². The molecule has 0 radical (unpaired) electrons. The zero-order chi connectivity index (χ0) is 13.3. The Morgan fingerprint density at radius 3 is 2.24 bits per heavy atom. The van der Waals surface area contributed by atoms with E-state index < -0.39 is 24.3 Å². The van der Waals surface area contributed by atoms with Crippen molar-refractivity contribution in [2.45, 2.75) is 27.2 Å². The van der Waals surface area contributed by atoms with Crippen molar-refractivity contribution in [3.8, 4) is 0 Å². The molecule has 0 unspecified atom stereocenters. The summed E-state index contributed by atoms with van der Waals surface area (Å²) in [6.07, 6.45) is -0.437. The number of hydrogen-bond donors (Lipinski definition) is 1. The zero-order valence-electron chi connectivity index (χ0n) is 10.1. The Morgan fingerprint density at radius 2 is 1.71 bits per heavy atom. The van der Waals surface area contributed by atoms with Crippen LogP contribution in [0.25, 0.3) is 0 Å². The second-order valence-corrected chi connectivity index (χ2v) is 2.93. The number of hydrogen-bond acceptors (Lipinski definition) is 6. The Morgan fingerprint density at radius 1 is 1.12 bits per heavy atom. The van der Waals surface area contributed by atoms with E-state index in [2.05, 4.69) is 20.0 Å². The molecule has 0 spiro atoms. The zero-order valence-corrected chi connectivity index (χ0v) is 10.1. The summed E-state index contributed by atoms with van der Waals surface area (Å²) >= 11 is 0. The van der Waals surface area contributed by atoms with E-state index >= 15 is 0 Å². The third kappa shape index (κ3) is 7.04. The molecule has 7 nitrogen and oxygen atoms in total. The molecule has 0 aromatic heterocycles. The molecule has 0 atom stereocenters. The van der Waals surface area contributed by atoms with Crippen LogP contribution in [-0.4, -0.2) is 36.8 Å². The smallest absolute Gasteiger partial charge is 0.354 e. The second kappa shape index (κ2) is 8.26. The monoisotopic (exact) mass is 244 g/mol. The van der Waals surface area contributed by atoms with E-state index in [0.29, 0.717) is 0 Å². The van der Waals surface area contributed by atoms with Crippen molar-refractivity contribution >= 4 is 23.6 Å². The number of carbonyl (C=O) groups excluding carboxylic acids is 3. The van der Waals surface area contributed by atoms with Gasteiger partial charge in [-0.05, 0) is 20.8 Å². The second-order valence-electron chi connectivity index (χ2n) is 2.93. The fraction of sp³-hybridized carbons (Fsp3) is 0.600. The van der Waals surface area contributed by atoms with E-state index in [1.807, 2.05) is 0 Å². The van der Waals surface area contributed by atoms with Gasteiger partial charge in [0.2, 0.25) is 0 Å². The van der Waals surface area contributed by atoms with Crippen LogP contribution in [0.4, 0.5) is 0 Å². The largest absolute Gasteiger partial charge is 0.466 e. The van der Waals surface area contributed by atoms with Crippen LogP contribution >= 0.6 is 0 Å². The maximum absolute atomic E-state index is 11.1. The Kier molecular flexibility index (Phi) is 7.32. The normalized spacial score (nSPS) is 10.6. The molecule has 7 heteroatoms. The fourth-order valence-corrected chi connectivity index (χ4v) is 0.810. The first-order valence-electron chi connectivity index (χ1n) is 5.17. The predicted molar refractivity (Wildman–Crippen MR) is 59.1 cm³/mol. The van der Waals surface area contributed by atoms with Crippen molar-refractivity contribution < 1.29 is 23.9 Å². The van der Waals surface area contributed by atoms with Crippen LogP contribution < -0.4 is 5.43 Å². The van der Waals surface area contributed by atoms with Gasteiger partial charge in [-0.3, -0.25) is 9.59 Å². The maximum Gasteiger partial charge on any atom is 0.354 e. The minimum Gasteiger partial charge on any atom is -0.466 e. The number of amides is 1. The first-order chi connectivity index (χ1) is 8.01. The van der Waals surface area contributed by atoms with Gasteiger partial charge in [0.05, 0.1) is 13.2 Å². The van der Waals surface area contributed by atoms with Gasteiger partial charge in [-0.1, -0.05) is 0 Å². The highest BCUT2D eigenvalue weighted by Crippen LogP contribution is 1.88. The van der Waals surface area contributed by atoms with Crippen molar-refractivity contribution in [3.05, 3.63) is 0 Å². The Labute approximate surface area is 99.2 Å². The SMILES string of the molecule is CCOC(=O)CC(=O)NN=C(C)C(=O)OCC. The summed E-state index contributed by atoms with van der Waals surface area (Å²) < 4.78 is 9.21. The van der Waals surface area contributed by atoms with Gasteiger partial charge in [-0.2, -0.15) is 5.10 Å². The molecule has 96 valence electrons. The average molecular weight is 244 g/mol. The minimum atomic E-state index is -0.646. The Hall–Kier alpha value is -1.92. The van der Waals surface area contributed by atoms with E-state index in [0.717, 1.165) is 0 Å². The van der Waals surface area contributed by atoms with Gasteiger partial charge in [0.15, 0.2) is 0 Å². The lowest BCUT2D eigenvalue weighted by Gasteiger charge is -2.02. The summed E-state index contributed by atoms with van der Waals surface area (Å²) in [5, 5.41) is 3.49. The van der Waals surface area contributed by atoms with Crippen molar-refractivity contribution in [1.29, 1.82) is 0 Å². The molecule has 0 heterocycles. The number of hydrazone groups is 1. The summed E-state index contributed by atoms with van der Waals surface area (Å²) in [5.41, 5.74) is 2.06. The summed E-state index contributed by atoms with van der Waals surface area (Å²) in [5.74, 6) is -1.91. The van der Waals surface area contributed by atoms with Gasteiger partial charge < -0.3 is 9.47 Å². The molecular formula is C10H16N2O5. The van der Waals surface area contributed by atoms with Gasteiger partial charge in [-0.15, -0.1) is 0 Å². The summed E-state index contributed by atoms with van der Waals surface area (Å²) in [6, 6.07) is 0. The molecule has 0 bridgehead atoms. The van der Waals surface area contributed by atoms with Crippen molar-refractivity contribution in [2.75, 3.05) is 13.2 Å². The van der Waals surface area contributed by atoms with E-state index in [9.17, 15) is 14.4 Å². The fourth-order valence-electron chi connectivity index (χ4n) is 0.810. The highest BCUT2D eigenvalue weighted by molar-refractivity contribution is 6.35. The molecule has 1 N–H and O–H groups in total. The molecule has 0 saturated heterocycles. The van der Waals surface area contributed by atoms with Crippen molar-refractivity contribution in [1.82, 2.24) is 5.43 Å². The van der Waals surface area contributed by atoms with Crippen LogP contribution in [0.1, 0.15) is 27.2 Å². The lowest BCUT2D eigenvalue weighted by atomic mass is 10.4. The van der Waals surface area contributed by atoms with E-state index in [-0.39, 0.29) is 18.9 Å². The van der Waals surface area contributed by atoms with Crippen molar-refractivity contribution in [3.63, 3.8) is 0 Å². The maximum atomic E-state index is 11.1. The molecule has 0 rings (SSSR count). The van der Waals surface area contributed by atoms with Gasteiger partial charge in [0.1, 0.15) is 12.1 Å². The molecule has 0 fully saturated rings. The molecule has 0 aromatic carbocycles. The number of nitrogens with one attached hydrogen (secondary N) is 1.